The first-order valence-corrected chi connectivity index (χ1v) is 10.7. The minimum Gasteiger partial charge on any atom is -0.346 e. The summed E-state index contributed by atoms with van der Waals surface area (Å²) in [5, 5.41) is 2.64. The van der Waals surface area contributed by atoms with Crippen LogP contribution in [0.3, 0.4) is 0 Å². The highest BCUT2D eigenvalue weighted by atomic mass is 32.2. The quantitative estimate of drug-likeness (QED) is 0.558. The van der Waals surface area contributed by atoms with E-state index in [0.717, 1.165) is 12.1 Å². The van der Waals surface area contributed by atoms with E-state index in [4.69, 9.17) is 0 Å². The number of amides is 1. The van der Waals surface area contributed by atoms with Crippen LogP contribution in [0.4, 0.5) is 18.9 Å². The number of sulfonamides is 1. The molecule has 0 heterocycles. The highest BCUT2D eigenvalue weighted by Crippen LogP contribution is 2.30. The standard InChI is InChI=1S/C22H19F3N2O3S/c1-15(17-6-5-7-18(14-17)22(23,24)25)26-21(28)16-10-12-19(13-11-16)27-31(29,30)20-8-3-2-4-9-20/h2-15,27H,1H3,(H,26,28). The van der Waals surface area contributed by atoms with Crippen LogP contribution >= 0.6 is 0 Å². The van der Waals surface area contributed by atoms with Gasteiger partial charge in [0.15, 0.2) is 0 Å². The molecule has 0 saturated heterocycles. The van der Waals surface area contributed by atoms with Gasteiger partial charge in [0.1, 0.15) is 0 Å². The third-order valence-electron chi connectivity index (χ3n) is 4.51. The molecule has 0 aliphatic carbocycles. The molecule has 0 aliphatic rings. The maximum Gasteiger partial charge on any atom is 0.416 e. The predicted molar refractivity (Wildman–Crippen MR) is 111 cm³/mol. The van der Waals surface area contributed by atoms with Crippen molar-refractivity contribution in [2.45, 2.75) is 24.0 Å². The number of halogens is 3. The summed E-state index contributed by atoms with van der Waals surface area (Å²) >= 11 is 0. The van der Waals surface area contributed by atoms with E-state index < -0.39 is 33.7 Å². The molecule has 1 amide bonds. The fourth-order valence-corrected chi connectivity index (χ4v) is 3.93. The number of carbonyl (C=O) groups is 1. The number of alkyl halides is 3. The molecule has 9 heteroatoms. The summed E-state index contributed by atoms with van der Waals surface area (Å²) in [6.45, 7) is 1.58. The smallest absolute Gasteiger partial charge is 0.346 e. The van der Waals surface area contributed by atoms with Crippen LogP contribution in [0, 0.1) is 0 Å². The van der Waals surface area contributed by atoms with Gasteiger partial charge < -0.3 is 5.32 Å². The normalized spacial score (nSPS) is 12.8. The molecule has 31 heavy (non-hydrogen) atoms. The summed E-state index contributed by atoms with van der Waals surface area (Å²) in [5.74, 6) is -0.498. The van der Waals surface area contributed by atoms with Crippen LogP contribution in [0.1, 0.15) is 34.5 Å². The van der Waals surface area contributed by atoms with E-state index in [9.17, 15) is 26.4 Å². The molecule has 162 valence electrons. The Morgan fingerprint density at radius 3 is 2.16 bits per heavy atom. The van der Waals surface area contributed by atoms with Crippen LogP contribution in [0.5, 0.6) is 0 Å². The topological polar surface area (TPSA) is 75.3 Å². The van der Waals surface area contributed by atoms with E-state index in [2.05, 4.69) is 10.0 Å². The number of hydrogen-bond acceptors (Lipinski definition) is 3. The van der Waals surface area contributed by atoms with Gasteiger partial charge in [0.2, 0.25) is 0 Å². The Morgan fingerprint density at radius 2 is 1.55 bits per heavy atom. The van der Waals surface area contributed by atoms with Gasteiger partial charge >= 0.3 is 6.18 Å². The molecular formula is C22H19F3N2O3S. The highest BCUT2D eigenvalue weighted by Gasteiger charge is 2.30. The van der Waals surface area contributed by atoms with Crippen LogP contribution in [0.25, 0.3) is 0 Å². The first-order valence-electron chi connectivity index (χ1n) is 9.22. The largest absolute Gasteiger partial charge is 0.416 e. The molecule has 0 saturated carbocycles. The highest BCUT2D eigenvalue weighted by molar-refractivity contribution is 7.92. The van der Waals surface area contributed by atoms with Gasteiger partial charge in [-0.3, -0.25) is 9.52 Å². The lowest BCUT2D eigenvalue weighted by molar-refractivity contribution is -0.137. The van der Waals surface area contributed by atoms with Crippen LogP contribution in [-0.4, -0.2) is 14.3 Å². The van der Waals surface area contributed by atoms with Crippen molar-refractivity contribution in [3.63, 3.8) is 0 Å². The summed E-state index contributed by atoms with van der Waals surface area (Å²) in [4.78, 5) is 12.6. The van der Waals surface area contributed by atoms with E-state index in [-0.39, 0.29) is 16.1 Å². The summed E-state index contributed by atoms with van der Waals surface area (Å²) in [7, 11) is -3.76. The Morgan fingerprint density at radius 1 is 0.903 bits per heavy atom. The Kier molecular flexibility index (Phi) is 6.35. The molecule has 1 unspecified atom stereocenters. The maximum absolute atomic E-state index is 12.9. The lowest BCUT2D eigenvalue weighted by Crippen LogP contribution is -2.26. The molecule has 3 aromatic carbocycles. The van der Waals surface area contributed by atoms with Gasteiger partial charge in [-0.2, -0.15) is 13.2 Å². The average Bonchev–Trinajstić information content (AvgIpc) is 2.74. The average molecular weight is 448 g/mol. The van der Waals surface area contributed by atoms with E-state index in [1.54, 1.807) is 25.1 Å². The lowest BCUT2D eigenvalue weighted by Gasteiger charge is -2.16. The van der Waals surface area contributed by atoms with Crippen molar-refractivity contribution in [3.05, 3.63) is 95.6 Å². The van der Waals surface area contributed by atoms with Crippen molar-refractivity contribution in [1.82, 2.24) is 5.32 Å². The zero-order chi connectivity index (χ0) is 22.6. The second kappa shape index (κ2) is 8.81. The minimum atomic E-state index is -4.47. The van der Waals surface area contributed by atoms with Gasteiger partial charge in [0.25, 0.3) is 15.9 Å². The van der Waals surface area contributed by atoms with Gasteiger partial charge in [0.05, 0.1) is 16.5 Å². The van der Waals surface area contributed by atoms with Gasteiger partial charge in [-0.05, 0) is 61.0 Å². The number of carbonyl (C=O) groups excluding carboxylic acids is 1. The third-order valence-corrected chi connectivity index (χ3v) is 5.91. The van der Waals surface area contributed by atoms with Gasteiger partial charge in [-0.1, -0.05) is 30.3 Å². The number of rotatable bonds is 6. The van der Waals surface area contributed by atoms with Gasteiger partial charge in [-0.15, -0.1) is 0 Å². The Balaban J connectivity index is 1.68. The molecule has 3 rings (SSSR count). The number of benzene rings is 3. The molecule has 0 aromatic heterocycles. The second-order valence-electron chi connectivity index (χ2n) is 6.81. The van der Waals surface area contributed by atoms with E-state index in [1.807, 2.05) is 0 Å². The monoisotopic (exact) mass is 448 g/mol. The van der Waals surface area contributed by atoms with Crippen LogP contribution in [0.15, 0.2) is 83.8 Å². The van der Waals surface area contributed by atoms with Crippen molar-refractivity contribution in [1.29, 1.82) is 0 Å². The number of hydrogen-bond donors (Lipinski definition) is 2. The molecule has 2 N–H and O–H groups in total. The van der Waals surface area contributed by atoms with Crippen molar-refractivity contribution in [2.75, 3.05) is 4.72 Å². The summed E-state index contributed by atoms with van der Waals surface area (Å²) in [6, 6.07) is 17.6. The fraction of sp³-hybridized carbons (Fsp3) is 0.136. The Hall–Kier alpha value is -3.33. The summed E-state index contributed by atoms with van der Waals surface area (Å²) in [6.07, 6.45) is -4.47. The van der Waals surface area contributed by atoms with Crippen molar-refractivity contribution < 1.29 is 26.4 Å². The summed E-state index contributed by atoms with van der Waals surface area (Å²) < 4.78 is 65.8. The fourth-order valence-electron chi connectivity index (χ4n) is 2.85. The molecule has 0 aliphatic heterocycles. The minimum absolute atomic E-state index is 0.103. The van der Waals surface area contributed by atoms with Gasteiger partial charge in [0, 0.05) is 11.3 Å². The molecule has 5 nitrogen and oxygen atoms in total. The van der Waals surface area contributed by atoms with Crippen molar-refractivity contribution in [3.8, 4) is 0 Å². The molecular weight excluding hydrogens is 429 g/mol. The molecule has 3 aromatic rings. The zero-order valence-corrected chi connectivity index (χ0v) is 17.2. The van der Waals surface area contributed by atoms with E-state index in [1.165, 1.54) is 48.5 Å². The first kappa shape index (κ1) is 22.4. The van der Waals surface area contributed by atoms with Crippen LogP contribution < -0.4 is 10.0 Å². The maximum atomic E-state index is 12.9. The molecule has 0 spiro atoms. The van der Waals surface area contributed by atoms with Gasteiger partial charge in [-0.25, -0.2) is 8.42 Å². The lowest BCUT2D eigenvalue weighted by atomic mass is 10.0. The second-order valence-corrected chi connectivity index (χ2v) is 8.50. The third kappa shape index (κ3) is 5.64. The zero-order valence-electron chi connectivity index (χ0n) is 16.3. The molecule has 0 radical (unpaired) electrons. The Labute approximate surface area is 178 Å². The van der Waals surface area contributed by atoms with Crippen molar-refractivity contribution >= 4 is 21.6 Å². The number of nitrogens with one attached hydrogen (secondary N) is 2. The molecule has 0 bridgehead atoms. The van der Waals surface area contributed by atoms with Crippen LogP contribution in [-0.2, 0) is 16.2 Å². The van der Waals surface area contributed by atoms with E-state index >= 15 is 0 Å². The first-order chi connectivity index (χ1) is 14.6. The van der Waals surface area contributed by atoms with E-state index in [0.29, 0.717) is 5.56 Å². The molecule has 1 atom stereocenters. The van der Waals surface area contributed by atoms with Crippen LogP contribution in [0.2, 0.25) is 0 Å². The molecule has 0 fully saturated rings. The summed E-state index contributed by atoms with van der Waals surface area (Å²) in [5.41, 5.74) is 0.0318. The SMILES string of the molecule is CC(NC(=O)c1ccc(NS(=O)(=O)c2ccccc2)cc1)c1cccc(C(F)(F)F)c1. The predicted octanol–water partition coefficient (Wildman–Crippen LogP) is 5.00. The number of anilines is 1. The van der Waals surface area contributed by atoms with Crippen molar-refractivity contribution in [2.24, 2.45) is 0 Å². The Bertz CT molecular complexity index is 1160.